The van der Waals surface area contributed by atoms with Gasteiger partial charge in [0.2, 0.25) is 0 Å². The summed E-state index contributed by atoms with van der Waals surface area (Å²) in [5.41, 5.74) is 0. The Hall–Kier alpha value is -0.880. The Labute approximate surface area is 171 Å². The van der Waals surface area contributed by atoms with Crippen LogP contribution in [0.1, 0.15) is 29.4 Å². The molecule has 1 amide bonds. The quantitative estimate of drug-likeness (QED) is 0.206. The van der Waals surface area contributed by atoms with Gasteiger partial charge in [0.05, 0.1) is 10.6 Å². The maximum Gasteiger partial charge on any atom is 0.261 e. The summed E-state index contributed by atoms with van der Waals surface area (Å²) in [7, 11) is -1.29. The van der Waals surface area contributed by atoms with E-state index in [0.717, 1.165) is 6.42 Å². The van der Waals surface area contributed by atoms with Crippen molar-refractivity contribution >= 4 is 57.0 Å². The zero-order valence-electron chi connectivity index (χ0n) is 14.7. The van der Waals surface area contributed by atoms with Gasteiger partial charge in [-0.25, -0.2) is 8.42 Å². The lowest BCUT2D eigenvalue weighted by molar-refractivity contribution is 0.0957. The lowest BCUT2D eigenvalue weighted by atomic mass is 10.3. The number of thiophene rings is 1. The van der Waals surface area contributed by atoms with E-state index in [-0.39, 0.29) is 41.7 Å². The SMILES string of the molecule is CN=C(NCCCNC(=O)c1cccs1)NC(C)CCS(C)(=O)=O.I. The molecule has 0 aliphatic rings. The number of nitrogens with one attached hydrogen (secondary N) is 3. The number of amides is 1. The van der Waals surface area contributed by atoms with Crippen molar-refractivity contribution < 1.29 is 13.2 Å². The van der Waals surface area contributed by atoms with Crippen LogP contribution in [0.4, 0.5) is 0 Å². The molecule has 1 aromatic rings. The summed E-state index contributed by atoms with van der Waals surface area (Å²) >= 11 is 1.42. The van der Waals surface area contributed by atoms with E-state index in [1.165, 1.54) is 17.6 Å². The van der Waals surface area contributed by atoms with Crippen molar-refractivity contribution in [2.24, 2.45) is 4.99 Å². The Balaban J connectivity index is 0.00000576. The highest BCUT2D eigenvalue weighted by molar-refractivity contribution is 14.0. The minimum absolute atomic E-state index is 0. The molecular weight excluding hydrogens is 475 g/mol. The Kier molecular flexibility index (Phi) is 12.0. The van der Waals surface area contributed by atoms with Gasteiger partial charge in [0, 0.05) is 32.4 Å². The average Bonchev–Trinajstić information content (AvgIpc) is 3.05. The van der Waals surface area contributed by atoms with Crippen LogP contribution in [0.25, 0.3) is 0 Å². The molecule has 0 radical (unpaired) electrons. The summed E-state index contributed by atoms with van der Waals surface area (Å²) in [6, 6.07) is 3.65. The number of aliphatic imine (C=N–C) groups is 1. The number of rotatable bonds is 9. The van der Waals surface area contributed by atoms with Gasteiger partial charge in [-0.1, -0.05) is 6.07 Å². The monoisotopic (exact) mass is 502 g/mol. The molecule has 1 rings (SSSR count). The van der Waals surface area contributed by atoms with Crippen LogP contribution in [0.15, 0.2) is 22.5 Å². The van der Waals surface area contributed by atoms with Crippen LogP contribution in [0.5, 0.6) is 0 Å². The highest BCUT2D eigenvalue weighted by atomic mass is 127. The summed E-state index contributed by atoms with van der Waals surface area (Å²) in [6.45, 7) is 3.15. The van der Waals surface area contributed by atoms with Crippen LogP contribution in [0, 0.1) is 0 Å². The first kappa shape index (κ1) is 24.1. The Morgan fingerprint density at radius 1 is 1.32 bits per heavy atom. The number of hydrogen-bond acceptors (Lipinski definition) is 5. The standard InChI is InChI=1S/C15H26N4O3S2.HI/c1-12(7-11-24(3,21)22)19-15(16-2)18-9-5-8-17-14(20)13-6-4-10-23-13;/h4,6,10,12H,5,7-9,11H2,1-3H3,(H,17,20)(H2,16,18,19);1H. The van der Waals surface area contributed by atoms with E-state index in [2.05, 4.69) is 20.9 Å². The third-order valence-electron chi connectivity index (χ3n) is 3.20. The van der Waals surface area contributed by atoms with E-state index in [1.807, 2.05) is 18.4 Å². The number of carbonyl (C=O) groups excluding carboxylic acids is 1. The van der Waals surface area contributed by atoms with Gasteiger partial charge in [-0.15, -0.1) is 35.3 Å². The largest absolute Gasteiger partial charge is 0.356 e. The lowest BCUT2D eigenvalue weighted by Crippen LogP contribution is -2.43. The van der Waals surface area contributed by atoms with Gasteiger partial charge in [0.25, 0.3) is 5.91 Å². The smallest absolute Gasteiger partial charge is 0.261 e. The minimum atomic E-state index is -2.95. The van der Waals surface area contributed by atoms with Gasteiger partial charge in [-0.05, 0) is 31.2 Å². The first-order valence-electron chi connectivity index (χ1n) is 7.78. The summed E-state index contributed by atoms with van der Waals surface area (Å²) in [5.74, 6) is 0.717. The molecule has 7 nitrogen and oxygen atoms in total. The molecule has 0 saturated carbocycles. The van der Waals surface area contributed by atoms with Crippen molar-refractivity contribution in [3.63, 3.8) is 0 Å². The predicted octanol–water partition coefficient (Wildman–Crippen LogP) is 1.47. The van der Waals surface area contributed by atoms with E-state index in [4.69, 9.17) is 0 Å². The molecule has 1 atom stereocenters. The van der Waals surface area contributed by atoms with Gasteiger partial charge in [-0.3, -0.25) is 9.79 Å². The van der Waals surface area contributed by atoms with Gasteiger partial charge >= 0.3 is 0 Å². The molecule has 0 bridgehead atoms. The molecule has 144 valence electrons. The van der Waals surface area contributed by atoms with Crippen molar-refractivity contribution in [2.45, 2.75) is 25.8 Å². The van der Waals surface area contributed by atoms with Crippen molar-refractivity contribution in [1.29, 1.82) is 0 Å². The number of halogens is 1. The summed E-state index contributed by atoms with van der Waals surface area (Å²) in [4.78, 5) is 16.6. The molecule has 0 aromatic carbocycles. The van der Waals surface area contributed by atoms with Crippen molar-refractivity contribution in [3.05, 3.63) is 22.4 Å². The highest BCUT2D eigenvalue weighted by Gasteiger charge is 2.09. The first-order chi connectivity index (χ1) is 11.3. The second-order valence-electron chi connectivity index (χ2n) is 5.55. The zero-order valence-corrected chi connectivity index (χ0v) is 18.7. The second-order valence-corrected chi connectivity index (χ2v) is 8.76. The molecule has 0 aliphatic carbocycles. The van der Waals surface area contributed by atoms with Crippen molar-refractivity contribution in [1.82, 2.24) is 16.0 Å². The maximum atomic E-state index is 11.8. The Morgan fingerprint density at radius 3 is 2.56 bits per heavy atom. The van der Waals surface area contributed by atoms with E-state index in [9.17, 15) is 13.2 Å². The van der Waals surface area contributed by atoms with Crippen LogP contribution in [0.2, 0.25) is 0 Å². The van der Waals surface area contributed by atoms with Crippen LogP contribution in [-0.4, -0.2) is 58.5 Å². The average molecular weight is 502 g/mol. The number of guanidine groups is 1. The number of nitrogens with zero attached hydrogens (tertiary/aromatic N) is 1. The van der Waals surface area contributed by atoms with Gasteiger partial charge < -0.3 is 16.0 Å². The fourth-order valence-electron chi connectivity index (χ4n) is 1.88. The lowest BCUT2D eigenvalue weighted by Gasteiger charge is -2.17. The fourth-order valence-corrected chi connectivity index (χ4v) is 3.30. The summed E-state index contributed by atoms with van der Waals surface area (Å²) in [5, 5.41) is 11.0. The number of carbonyl (C=O) groups is 1. The Morgan fingerprint density at radius 2 is 2.00 bits per heavy atom. The molecule has 0 saturated heterocycles. The molecule has 1 heterocycles. The van der Waals surface area contributed by atoms with Crippen LogP contribution in [0.3, 0.4) is 0 Å². The molecule has 0 spiro atoms. The van der Waals surface area contributed by atoms with Crippen LogP contribution >= 0.6 is 35.3 Å². The molecule has 25 heavy (non-hydrogen) atoms. The zero-order chi connectivity index (χ0) is 18.0. The van der Waals surface area contributed by atoms with E-state index in [1.54, 1.807) is 13.1 Å². The normalized spacial score (nSPS) is 12.8. The molecule has 1 aromatic heterocycles. The number of sulfone groups is 1. The molecule has 0 fully saturated rings. The maximum absolute atomic E-state index is 11.8. The van der Waals surface area contributed by atoms with Crippen LogP contribution < -0.4 is 16.0 Å². The molecule has 0 aliphatic heterocycles. The summed E-state index contributed by atoms with van der Waals surface area (Å²) < 4.78 is 22.3. The third kappa shape index (κ3) is 11.4. The van der Waals surface area contributed by atoms with E-state index in [0.29, 0.717) is 30.3 Å². The van der Waals surface area contributed by atoms with Gasteiger partial charge in [0.1, 0.15) is 9.84 Å². The third-order valence-corrected chi connectivity index (χ3v) is 5.05. The minimum Gasteiger partial charge on any atom is -0.356 e. The fraction of sp³-hybridized carbons (Fsp3) is 0.600. The van der Waals surface area contributed by atoms with Crippen molar-refractivity contribution in [2.75, 3.05) is 32.1 Å². The summed E-state index contributed by atoms with van der Waals surface area (Å²) in [6.07, 6.45) is 2.52. The molecule has 3 N–H and O–H groups in total. The van der Waals surface area contributed by atoms with Crippen LogP contribution in [-0.2, 0) is 9.84 Å². The van der Waals surface area contributed by atoms with E-state index < -0.39 is 9.84 Å². The first-order valence-corrected chi connectivity index (χ1v) is 10.7. The molecule has 1 unspecified atom stereocenters. The Bertz CT molecular complexity index is 633. The van der Waals surface area contributed by atoms with Crippen molar-refractivity contribution in [3.8, 4) is 0 Å². The topological polar surface area (TPSA) is 99.7 Å². The van der Waals surface area contributed by atoms with Gasteiger partial charge in [-0.2, -0.15) is 0 Å². The number of hydrogen-bond donors (Lipinski definition) is 3. The predicted molar refractivity (Wildman–Crippen MR) is 115 cm³/mol. The van der Waals surface area contributed by atoms with E-state index >= 15 is 0 Å². The molecular formula is C15H27IN4O3S2. The second kappa shape index (κ2) is 12.5. The molecule has 10 heteroatoms. The highest BCUT2D eigenvalue weighted by Crippen LogP contribution is 2.07. The van der Waals surface area contributed by atoms with Gasteiger partial charge in [0.15, 0.2) is 5.96 Å².